The van der Waals surface area contributed by atoms with Gasteiger partial charge in [-0.3, -0.25) is 0 Å². The molecule has 6 heteroatoms. The summed E-state index contributed by atoms with van der Waals surface area (Å²) >= 11 is 0. The summed E-state index contributed by atoms with van der Waals surface area (Å²) in [6.45, 7) is 1.46. The molecule has 1 aliphatic heterocycles. The fourth-order valence-corrected chi connectivity index (χ4v) is 1.47. The van der Waals surface area contributed by atoms with E-state index in [1.807, 2.05) is 0 Å². The van der Waals surface area contributed by atoms with E-state index in [2.05, 4.69) is 4.74 Å². The normalized spacial score (nSPS) is 43.6. The quantitative estimate of drug-likeness (QED) is 0.515. The Morgan fingerprint density at radius 3 is 2.43 bits per heavy atom. The van der Waals surface area contributed by atoms with Crippen LogP contribution < -0.4 is 5.11 Å². The summed E-state index contributed by atoms with van der Waals surface area (Å²) in [5.74, 6) is -2.16. The van der Waals surface area contributed by atoms with Crippen molar-refractivity contribution in [2.24, 2.45) is 5.92 Å². The molecule has 2 N–H and O–H groups in total. The predicted molar refractivity (Wildman–Crippen MR) is 41.9 cm³/mol. The molecule has 1 heterocycles. The minimum atomic E-state index is -1.43. The second kappa shape index (κ2) is 4.22. The molecule has 82 valence electrons. The Morgan fingerprint density at radius 2 is 2.00 bits per heavy atom. The third kappa shape index (κ3) is 1.88. The number of aliphatic hydroxyl groups excluding tert-OH is 2. The first-order chi connectivity index (χ1) is 6.49. The molecule has 5 atom stereocenters. The van der Waals surface area contributed by atoms with Crippen LogP contribution in [0.3, 0.4) is 0 Å². The van der Waals surface area contributed by atoms with Gasteiger partial charge < -0.3 is 29.6 Å². The van der Waals surface area contributed by atoms with E-state index in [0.29, 0.717) is 0 Å². The van der Waals surface area contributed by atoms with Crippen LogP contribution in [0.5, 0.6) is 0 Å². The van der Waals surface area contributed by atoms with Gasteiger partial charge in [-0.1, -0.05) is 6.92 Å². The molecule has 0 saturated carbocycles. The highest BCUT2D eigenvalue weighted by atomic mass is 16.7. The number of methoxy groups -OCH3 is 1. The number of carbonyl (C=O) groups is 1. The van der Waals surface area contributed by atoms with Crippen molar-refractivity contribution in [1.82, 2.24) is 0 Å². The zero-order valence-corrected chi connectivity index (χ0v) is 7.91. The van der Waals surface area contributed by atoms with Crippen LogP contribution in [0.25, 0.3) is 0 Å². The van der Waals surface area contributed by atoms with E-state index in [9.17, 15) is 20.1 Å². The second-order valence-corrected chi connectivity index (χ2v) is 3.32. The lowest BCUT2D eigenvalue weighted by Crippen LogP contribution is -2.58. The molecule has 0 amide bonds. The van der Waals surface area contributed by atoms with Gasteiger partial charge in [-0.05, 0) is 0 Å². The molecule has 1 rings (SSSR count). The molecule has 0 bridgehead atoms. The van der Waals surface area contributed by atoms with E-state index in [1.54, 1.807) is 0 Å². The molecular weight excluding hydrogens is 192 g/mol. The Balaban J connectivity index is 2.78. The van der Waals surface area contributed by atoms with Gasteiger partial charge in [-0.25, -0.2) is 0 Å². The maximum atomic E-state index is 10.6. The van der Waals surface area contributed by atoms with Gasteiger partial charge in [0.15, 0.2) is 6.29 Å². The smallest absolute Gasteiger partial charge is 0.186 e. The van der Waals surface area contributed by atoms with Crippen LogP contribution in [-0.4, -0.2) is 47.9 Å². The fraction of sp³-hybridized carbons (Fsp3) is 0.875. The fourth-order valence-electron chi connectivity index (χ4n) is 1.47. The monoisotopic (exact) mass is 205 g/mol. The third-order valence-corrected chi connectivity index (χ3v) is 2.39. The number of rotatable bonds is 2. The van der Waals surface area contributed by atoms with Crippen molar-refractivity contribution in [3.63, 3.8) is 0 Å². The number of carboxylic acid groups (broad SMARTS) is 1. The van der Waals surface area contributed by atoms with Crippen molar-refractivity contribution in [2.75, 3.05) is 7.11 Å². The topological polar surface area (TPSA) is 99.1 Å². The number of aliphatic hydroxyl groups is 2. The van der Waals surface area contributed by atoms with Gasteiger partial charge in [0, 0.05) is 13.0 Å². The number of ether oxygens (including phenoxy) is 2. The highest BCUT2D eigenvalue weighted by Gasteiger charge is 2.42. The molecule has 1 aliphatic rings. The summed E-state index contributed by atoms with van der Waals surface area (Å²) in [6.07, 6.45) is -4.84. The van der Waals surface area contributed by atoms with E-state index >= 15 is 0 Å². The molecule has 2 unspecified atom stereocenters. The summed E-state index contributed by atoms with van der Waals surface area (Å²) in [4.78, 5) is 10.6. The van der Waals surface area contributed by atoms with Crippen LogP contribution in [0.4, 0.5) is 0 Å². The minimum absolute atomic E-state index is 0.735. The van der Waals surface area contributed by atoms with E-state index in [4.69, 9.17) is 4.74 Å². The van der Waals surface area contributed by atoms with Gasteiger partial charge in [0.1, 0.15) is 12.2 Å². The van der Waals surface area contributed by atoms with Gasteiger partial charge >= 0.3 is 0 Å². The molecule has 1 saturated heterocycles. The number of hydrogen-bond acceptors (Lipinski definition) is 6. The number of hydrogen-bond donors (Lipinski definition) is 2. The van der Waals surface area contributed by atoms with Crippen LogP contribution in [0.2, 0.25) is 0 Å². The lowest BCUT2D eigenvalue weighted by Gasteiger charge is -2.41. The van der Waals surface area contributed by atoms with Gasteiger partial charge in [-0.15, -0.1) is 0 Å². The molecule has 0 aromatic rings. The molecule has 0 aliphatic carbocycles. The summed E-state index contributed by atoms with van der Waals surface area (Å²) in [5, 5.41) is 29.5. The number of carbonyl (C=O) groups excluding carboxylic acids is 1. The molecule has 14 heavy (non-hydrogen) atoms. The largest absolute Gasteiger partial charge is 0.547 e. The first-order valence-corrected chi connectivity index (χ1v) is 4.24. The SMILES string of the molecule is CO[C@@H]1OC(C(=O)[O-])[C@@H](C)[C@H](O)C1O. The van der Waals surface area contributed by atoms with Gasteiger partial charge in [0.05, 0.1) is 12.1 Å². The molecule has 0 radical (unpaired) electrons. The number of aliphatic carboxylic acids is 1. The van der Waals surface area contributed by atoms with Gasteiger partial charge in [0.25, 0.3) is 0 Å². The molecule has 6 nitrogen and oxygen atoms in total. The Hall–Kier alpha value is -0.690. The standard InChI is InChI=1S/C8H14O6/c1-3-4(9)5(10)8(13-2)14-6(3)7(11)12/h3-6,8-10H,1-2H3,(H,11,12)/p-1/t3-,4-,5?,6?,8+/m0/s1. The third-order valence-electron chi connectivity index (χ3n) is 2.39. The summed E-state index contributed by atoms with van der Waals surface area (Å²) in [6, 6.07) is 0. The van der Waals surface area contributed by atoms with Crippen molar-refractivity contribution in [2.45, 2.75) is 31.5 Å². The summed E-state index contributed by atoms with van der Waals surface area (Å²) in [5.41, 5.74) is 0. The average molecular weight is 205 g/mol. The first-order valence-electron chi connectivity index (χ1n) is 4.24. The highest BCUT2D eigenvalue weighted by molar-refractivity contribution is 5.70. The van der Waals surface area contributed by atoms with Crippen molar-refractivity contribution in [1.29, 1.82) is 0 Å². The second-order valence-electron chi connectivity index (χ2n) is 3.32. The van der Waals surface area contributed by atoms with Gasteiger partial charge in [0.2, 0.25) is 0 Å². The first kappa shape index (κ1) is 11.4. The van der Waals surface area contributed by atoms with Crippen molar-refractivity contribution in [3.05, 3.63) is 0 Å². The lowest BCUT2D eigenvalue weighted by atomic mass is 9.91. The van der Waals surface area contributed by atoms with Crippen LogP contribution in [0.1, 0.15) is 6.92 Å². The maximum Gasteiger partial charge on any atom is 0.186 e. The van der Waals surface area contributed by atoms with E-state index < -0.39 is 36.5 Å². The number of carboxylic acids is 1. The highest BCUT2D eigenvalue weighted by Crippen LogP contribution is 2.25. The Morgan fingerprint density at radius 1 is 1.43 bits per heavy atom. The van der Waals surface area contributed by atoms with E-state index in [0.717, 1.165) is 0 Å². The lowest BCUT2D eigenvalue weighted by molar-refractivity contribution is -0.342. The molecular formula is C8H13O6-. The summed E-state index contributed by atoms with van der Waals surface area (Å²) in [7, 11) is 1.25. The van der Waals surface area contributed by atoms with E-state index in [-0.39, 0.29) is 0 Å². The molecule has 0 aromatic heterocycles. The molecule has 0 aromatic carbocycles. The van der Waals surface area contributed by atoms with Crippen LogP contribution >= 0.6 is 0 Å². The average Bonchev–Trinajstić information content (AvgIpc) is 2.14. The Bertz CT molecular complexity index is 216. The summed E-state index contributed by atoms with van der Waals surface area (Å²) < 4.78 is 9.58. The zero-order valence-electron chi connectivity index (χ0n) is 7.91. The van der Waals surface area contributed by atoms with Crippen LogP contribution in [-0.2, 0) is 14.3 Å². The van der Waals surface area contributed by atoms with Gasteiger partial charge in [-0.2, -0.15) is 0 Å². The predicted octanol–water partition coefficient (Wildman–Crippen LogP) is -2.53. The Labute approximate surface area is 81.1 Å². The van der Waals surface area contributed by atoms with Crippen molar-refractivity contribution in [3.8, 4) is 0 Å². The van der Waals surface area contributed by atoms with Crippen molar-refractivity contribution < 1.29 is 29.6 Å². The Kier molecular flexibility index (Phi) is 3.43. The van der Waals surface area contributed by atoms with Crippen molar-refractivity contribution >= 4 is 5.97 Å². The van der Waals surface area contributed by atoms with E-state index in [1.165, 1.54) is 14.0 Å². The van der Waals surface area contributed by atoms with Crippen LogP contribution in [0, 0.1) is 5.92 Å². The maximum absolute atomic E-state index is 10.6. The van der Waals surface area contributed by atoms with Crippen LogP contribution in [0.15, 0.2) is 0 Å². The molecule has 0 spiro atoms. The minimum Gasteiger partial charge on any atom is -0.547 e. The molecule has 1 fully saturated rings. The zero-order chi connectivity index (χ0) is 10.9.